The molecule has 0 fully saturated rings. The number of carbonyl (C=O) groups is 1. The molecule has 20 heavy (non-hydrogen) atoms. The summed E-state index contributed by atoms with van der Waals surface area (Å²) in [6.07, 6.45) is 0. The van der Waals surface area contributed by atoms with E-state index in [-0.39, 0.29) is 5.91 Å². The Kier molecular flexibility index (Phi) is 5.25. The second kappa shape index (κ2) is 6.95. The zero-order valence-corrected chi connectivity index (χ0v) is 13.3. The molecule has 0 saturated heterocycles. The Morgan fingerprint density at radius 1 is 1.40 bits per heavy atom. The molecule has 1 aromatic rings. The van der Waals surface area contributed by atoms with Crippen LogP contribution in [0, 0.1) is 0 Å². The number of nitrogens with zero attached hydrogens (tertiary/aromatic N) is 1. The average Bonchev–Trinajstić information content (AvgIpc) is 2.46. The number of carbonyl (C=O) groups excluding carboxylic acids is 1. The first-order valence-electron chi connectivity index (χ1n) is 6.64. The quantitative estimate of drug-likeness (QED) is 0.886. The smallest absolute Gasteiger partial charge is 0.236 e. The average molecular weight is 343 g/mol. The molecule has 6 heteroatoms. The van der Waals surface area contributed by atoms with Crippen molar-refractivity contribution < 1.29 is 14.3 Å². The van der Waals surface area contributed by atoms with Gasteiger partial charge in [-0.2, -0.15) is 0 Å². The molecule has 1 aromatic carbocycles. The van der Waals surface area contributed by atoms with Gasteiger partial charge in [0, 0.05) is 20.1 Å². The van der Waals surface area contributed by atoms with Crippen LogP contribution in [0.3, 0.4) is 0 Å². The Bertz CT molecular complexity index is 494. The van der Waals surface area contributed by atoms with Gasteiger partial charge in [-0.05, 0) is 40.5 Å². The number of rotatable bonds is 5. The van der Waals surface area contributed by atoms with Gasteiger partial charge in [-0.3, -0.25) is 4.79 Å². The zero-order chi connectivity index (χ0) is 14.5. The molecule has 0 spiro atoms. The topological polar surface area (TPSA) is 50.8 Å². The minimum atomic E-state index is 0.0871. The van der Waals surface area contributed by atoms with Gasteiger partial charge < -0.3 is 19.7 Å². The Balaban J connectivity index is 1.94. The minimum absolute atomic E-state index is 0.0871. The molecule has 1 heterocycles. The van der Waals surface area contributed by atoms with E-state index in [1.165, 1.54) is 0 Å². The lowest BCUT2D eigenvalue weighted by molar-refractivity contribution is -0.128. The highest BCUT2D eigenvalue weighted by Gasteiger charge is 2.16. The summed E-state index contributed by atoms with van der Waals surface area (Å²) in [4.78, 5) is 13.4. The van der Waals surface area contributed by atoms with Gasteiger partial charge in [0.15, 0.2) is 11.5 Å². The van der Waals surface area contributed by atoms with Gasteiger partial charge in [0.2, 0.25) is 5.91 Å². The molecular formula is C14H19BrN2O3. The number of ether oxygens (including phenoxy) is 2. The van der Waals surface area contributed by atoms with Crippen molar-refractivity contribution in [1.29, 1.82) is 0 Å². The molecular weight excluding hydrogens is 324 g/mol. The minimum Gasteiger partial charge on any atom is -0.486 e. The number of benzene rings is 1. The molecule has 1 aliphatic rings. The third-order valence-corrected chi connectivity index (χ3v) is 3.75. The second-order valence-electron chi connectivity index (χ2n) is 4.61. The van der Waals surface area contributed by atoms with Crippen molar-refractivity contribution in [2.45, 2.75) is 13.5 Å². The van der Waals surface area contributed by atoms with Gasteiger partial charge in [-0.1, -0.05) is 0 Å². The van der Waals surface area contributed by atoms with Crippen molar-refractivity contribution in [2.24, 2.45) is 0 Å². The number of hydrogen-bond donors (Lipinski definition) is 1. The van der Waals surface area contributed by atoms with E-state index in [0.29, 0.717) is 26.3 Å². The summed E-state index contributed by atoms with van der Waals surface area (Å²) in [7, 11) is 1.80. The van der Waals surface area contributed by atoms with Gasteiger partial charge in [-0.25, -0.2) is 0 Å². The zero-order valence-electron chi connectivity index (χ0n) is 11.7. The van der Waals surface area contributed by atoms with E-state index in [1.807, 2.05) is 19.1 Å². The van der Waals surface area contributed by atoms with Crippen molar-refractivity contribution in [3.8, 4) is 11.5 Å². The molecule has 0 bridgehead atoms. The Morgan fingerprint density at radius 2 is 2.15 bits per heavy atom. The third kappa shape index (κ3) is 3.64. The summed E-state index contributed by atoms with van der Waals surface area (Å²) in [5.41, 5.74) is 1.05. The van der Waals surface area contributed by atoms with Gasteiger partial charge in [0.1, 0.15) is 13.2 Å². The number of amides is 1. The van der Waals surface area contributed by atoms with Gasteiger partial charge >= 0.3 is 0 Å². The first kappa shape index (κ1) is 15.1. The van der Waals surface area contributed by atoms with Crippen LogP contribution >= 0.6 is 15.9 Å². The molecule has 0 radical (unpaired) electrons. The number of hydrogen-bond acceptors (Lipinski definition) is 4. The lowest BCUT2D eigenvalue weighted by Crippen LogP contribution is -2.35. The molecule has 0 atom stereocenters. The van der Waals surface area contributed by atoms with Crippen molar-refractivity contribution in [1.82, 2.24) is 10.2 Å². The Labute approximate surface area is 127 Å². The largest absolute Gasteiger partial charge is 0.486 e. The van der Waals surface area contributed by atoms with Crippen LogP contribution in [0.1, 0.15) is 12.5 Å². The molecule has 5 nitrogen and oxygen atoms in total. The van der Waals surface area contributed by atoms with Crippen molar-refractivity contribution in [3.63, 3.8) is 0 Å². The lowest BCUT2D eigenvalue weighted by atomic mass is 10.2. The fourth-order valence-corrected chi connectivity index (χ4v) is 2.50. The van der Waals surface area contributed by atoms with Crippen LogP contribution < -0.4 is 14.8 Å². The van der Waals surface area contributed by atoms with E-state index in [9.17, 15) is 4.79 Å². The molecule has 1 N–H and O–H groups in total. The summed E-state index contributed by atoms with van der Waals surface area (Å²) >= 11 is 3.48. The number of halogens is 1. The lowest BCUT2D eigenvalue weighted by Gasteiger charge is -2.20. The van der Waals surface area contributed by atoms with Crippen LogP contribution in [0.25, 0.3) is 0 Å². The fraction of sp³-hybridized carbons (Fsp3) is 0.500. The van der Waals surface area contributed by atoms with Gasteiger partial charge in [-0.15, -0.1) is 0 Å². The molecule has 0 aromatic heterocycles. The van der Waals surface area contributed by atoms with E-state index < -0.39 is 0 Å². The standard InChI is InChI=1S/C14H19BrN2O3/c1-3-17(2)13(18)9-16-8-10-6-11(15)14-12(7-10)19-4-5-20-14/h6-7,16H,3-5,8-9H2,1-2H3. The Hall–Kier alpha value is -1.27. The van der Waals surface area contributed by atoms with Crippen molar-refractivity contribution in [2.75, 3.05) is 33.4 Å². The van der Waals surface area contributed by atoms with Crippen LogP contribution in [-0.4, -0.2) is 44.2 Å². The monoisotopic (exact) mass is 342 g/mol. The number of nitrogens with one attached hydrogen (secondary N) is 1. The number of likely N-dealkylation sites (N-methyl/N-ethyl adjacent to an activating group) is 1. The van der Waals surface area contributed by atoms with E-state index in [1.54, 1.807) is 11.9 Å². The third-order valence-electron chi connectivity index (χ3n) is 3.16. The van der Waals surface area contributed by atoms with Crippen LogP contribution in [0.15, 0.2) is 16.6 Å². The molecule has 0 aliphatic carbocycles. The summed E-state index contributed by atoms with van der Waals surface area (Å²) in [6, 6.07) is 3.93. The fourth-order valence-electron chi connectivity index (χ4n) is 1.89. The molecule has 1 amide bonds. The molecule has 2 rings (SSSR count). The first-order chi connectivity index (χ1) is 9.61. The van der Waals surface area contributed by atoms with E-state index in [2.05, 4.69) is 21.2 Å². The van der Waals surface area contributed by atoms with Crippen LogP contribution in [0.5, 0.6) is 11.5 Å². The van der Waals surface area contributed by atoms with Crippen LogP contribution in [0.2, 0.25) is 0 Å². The van der Waals surface area contributed by atoms with E-state index in [4.69, 9.17) is 9.47 Å². The highest BCUT2D eigenvalue weighted by atomic mass is 79.9. The summed E-state index contributed by atoms with van der Waals surface area (Å²) in [5, 5.41) is 3.14. The van der Waals surface area contributed by atoms with Gasteiger partial charge in [0.05, 0.1) is 11.0 Å². The second-order valence-corrected chi connectivity index (χ2v) is 5.47. The summed E-state index contributed by atoms with van der Waals surface area (Å²) in [5.74, 6) is 1.59. The maximum atomic E-state index is 11.7. The number of fused-ring (bicyclic) bond motifs is 1. The van der Waals surface area contributed by atoms with Crippen molar-refractivity contribution in [3.05, 3.63) is 22.2 Å². The molecule has 110 valence electrons. The summed E-state index contributed by atoms with van der Waals surface area (Å²) in [6.45, 7) is 4.75. The Morgan fingerprint density at radius 3 is 2.90 bits per heavy atom. The predicted octanol–water partition coefficient (Wildman–Crippen LogP) is 1.79. The van der Waals surface area contributed by atoms with Crippen molar-refractivity contribution >= 4 is 21.8 Å². The SMILES string of the molecule is CCN(C)C(=O)CNCc1cc(Br)c2c(c1)OCCO2. The predicted molar refractivity (Wildman–Crippen MR) is 80.1 cm³/mol. The van der Waals surface area contributed by atoms with Crippen LogP contribution in [-0.2, 0) is 11.3 Å². The maximum Gasteiger partial charge on any atom is 0.236 e. The van der Waals surface area contributed by atoms with Crippen LogP contribution in [0.4, 0.5) is 0 Å². The molecule has 1 aliphatic heterocycles. The molecule has 0 saturated carbocycles. The van der Waals surface area contributed by atoms with E-state index >= 15 is 0 Å². The highest BCUT2D eigenvalue weighted by molar-refractivity contribution is 9.10. The molecule has 0 unspecified atom stereocenters. The normalized spacial score (nSPS) is 13.2. The van der Waals surface area contributed by atoms with Gasteiger partial charge in [0.25, 0.3) is 0 Å². The first-order valence-corrected chi connectivity index (χ1v) is 7.43. The highest BCUT2D eigenvalue weighted by Crippen LogP contribution is 2.38. The summed E-state index contributed by atoms with van der Waals surface area (Å²) < 4.78 is 12.0. The van der Waals surface area contributed by atoms with E-state index in [0.717, 1.165) is 28.1 Å². The maximum absolute atomic E-state index is 11.7.